The molecule has 0 spiro atoms. The summed E-state index contributed by atoms with van der Waals surface area (Å²) in [6, 6.07) is 8.41. The molecule has 1 fully saturated rings. The number of rotatable bonds is 5. The van der Waals surface area contributed by atoms with Crippen LogP contribution >= 0.6 is 0 Å². The van der Waals surface area contributed by atoms with Crippen LogP contribution < -0.4 is 15.5 Å². The van der Waals surface area contributed by atoms with Crippen LogP contribution in [0.1, 0.15) is 43.5 Å². The van der Waals surface area contributed by atoms with Gasteiger partial charge in [0.2, 0.25) is 5.95 Å². The second-order valence-corrected chi connectivity index (χ2v) is 7.82. The van der Waals surface area contributed by atoms with Crippen molar-refractivity contribution < 1.29 is 9.53 Å². The van der Waals surface area contributed by atoms with E-state index in [2.05, 4.69) is 59.6 Å². The van der Waals surface area contributed by atoms with Crippen LogP contribution in [0.15, 0.2) is 30.5 Å². The van der Waals surface area contributed by atoms with E-state index >= 15 is 0 Å². The zero-order valence-electron chi connectivity index (χ0n) is 16.6. The molecule has 0 aliphatic carbocycles. The third kappa shape index (κ3) is 3.67. The first-order valence-electron chi connectivity index (χ1n) is 9.91. The molecule has 148 valence electrons. The number of hydrogen-bond donors (Lipinski definition) is 2. The number of hydrogen-bond acceptors (Lipinski definition) is 6. The molecule has 4 rings (SSSR count). The van der Waals surface area contributed by atoms with Gasteiger partial charge in [0, 0.05) is 12.7 Å². The van der Waals surface area contributed by atoms with Crippen molar-refractivity contribution in [1.29, 1.82) is 0 Å². The lowest BCUT2D eigenvalue weighted by molar-refractivity contribution is 0.177. The molecule has 3 heterocycles. The SMILES string of the molecule is CC(Nc1nccc(N2C(=O)OC[C@@H]2C(C)C)n1)c1ccc2c(c1)CCNC2. The van der Waals surface area contributed by atoms with Crippen molar-refractivity contribution in [2.75, 3.05) is 23.4 Å². The molecule has 1 amide bonds. The van der Waals surface area contributed by atoms with Crippen LogP contribution in [-0.2, 0) is 17.7 Å². The van der Waals surface area contributed by atoms with Gasteiger partial charge in [-0.3, -0.25) is 4.90 Å². The largest absolute Gasteiger partial charge is 0.447 e. The molecule has 0 bridgehead atoms. The molecule has 1 aromatic heterocycles. The van der Waals surface area contributed by atoms with Crippen molar-refractivity contribution in [3.05, 3.63) is 47.2 Å². The Hall–Kier alpha value is -2.67. The lowest BCUT2D eigenvalue weighted by Gasteiger charge is -2.24. The van der Waals surface area contributed by atoms with Crippen molar-refractivity contribution in [2.24, 2.45) is 5.92 Å². The molecule has 1 saturated heterocycles. The standard InChI is InChI=1S/C21H27N5O2/c1-13(2)18-12-28-21(27)26(18)19-7-9-23-20(25-19)24-14(3)15-4-5-17-11-22-8-6-16(17)10-15/h4-5,7,9-10,13-14,18,22H,6,8,11-12H2,1-3H3,(H,23,24,25)/t14?,18-/m1/s1. The summed E-state index contributed by atoms with van der Waals surface area (Å²) in [5, 5.41) is 6.77. The topological polar surface area (TPSA) is 79.4 Å². The van der Waals surface area contributed by atoms with E-state index in [1.807, 2.05) is 0 Å². The molecule has 7 nitrogen and oxygen atoms in total. The van der Waals surface area contributed by atoms with E-state index in [1.165, 1.54) is 16.7 Å². The van der Waals surface area contributed by atoms with E-state index in [9.17, 15) is 4.79 Å². The van der Waals surface area contributed by atoms with Gasteiger partial charge in [0.25, 0.3) is 0 Å². The molecular formula is C21H27N5O2. The van der Waals surface area contributed by atoms with E-state index in [1.54, 1.807) is 17.2 Å². The van der Waals surface area contributed by atoms with Crippen molar-refractivity contribution in [3.63, 3.8) is 0 Å². The third-order valence-electron chi connectivity index (χ3n) is 5.53. The van der Waals surface area contributed by atoms with E-state index < -0.39 is 0 Å². The fraction of sp³-hybridized carbons (Fsp3) is 0.476. The van der Waals surface area contributed by atoms with Gasteiger partial charge >= 0.3 is 6.09 Å². The van der Waals surface area contributed by atoms with E-state index in [0.29, 0.717) is 18.4 Å². The predicted octanol–water partition coefficient (Wildman–Crippen LogP) is 3.28. The minimum Gasteiger partial charge on any atom is -0.447 e. The van der Waals surface area contributed by atoms with Gasteiger partial charge in [-0.1, -0.05) is 32.0 Å². The lowest BCUT2D eigenvalue weighted by atomic mass is 9.96. The van der Waals surface area contributed by atoms with Crippen LogP contribution in [0.25, 0.3) is 0 Å². The Morgan fingerprint density at radius 1 is 1.25 bits per heavy atom. The highest BCUT2D eigenvalue weighted by molar-refractivity contribution is 5.89. The van der Waals surface area contributed by atoms with Gasteiger partial charge in [0.1, 0.15) is 12.4 Å². The van der Waals surface area contributed by atoms with Crippen LogP contribution in [-0.4, -0.2) is 35.3 Å². The Bertz CT molecular complexity index is 870. The van der Waals surface area contributed by atoms with Crippen LogP contribution in [0.4, 0.5) is 16.6 Å². The number of aromatic nitrogens is 2. The number of amides is 1. The molecule has 1 unspecified atom stereocenters. The highest BCUT2D eigenvalue weighted by Crippen LogP contribution is 2.27. The highest BCUT2D eigenvalue weighted by atomic mass is 16.6. The van der Waals surface area contributed by atoms with Crippen LogP contribution in [0, 0.1) is 5.92 Å². The first kappa shape index (κ1) is 18.7. The van der Waals surface area contributed by atoms with Crippen LogP contribution in [0.2, 0.25) is 0 Å². The Labute approximate surface area is 165 Å². The number of nitrogens with zero attached hydrogens (tertiary/aromatic N) is 3. The van der Waals surface area contributed by atoms with Crippen LogP contribution in [0.3, 0.4) is 0 Å². The summed E-state index contributed by atoms with van der Waals surface area (Å²) in [6.45, 7) is 8.60. The normalized spacial score (nSPS) is 20.1. The lowest BCUT2D eigenvalue weighted by Crippen LogP contribution is -2.37. The number of benzene rings is 1. The Kier molecular flexibility index (Phi) is 5.17. The fourth-order valence-corrected chi connectivity index (χ4v) is 3.79. The zero-order valence-corrected chi connectivity index (χ0v) is 16.6. The molecule has 2 aromatic rings. The molecule has 1 aromatic carbocycles. The number of carbonyl (C=O) groups is 1. The number of cyclic esters (lactones) is 1. The van der Waals surface area contributed by atoms with E-state index in [-0.39, 0.29) is 24.1 Å². The van der Waals surface area contributed by atoms with Gasteiger partial charge in [-0.2, -0.15) is 4.98 Å². The Balaban J connectivity index is 1.52. The van der Waals surface area contributed by atoms with Crippen LogP contribution in [0.5, 0.6) is 0 Å². The number of carbonyl (C=O) groups excluding carboxylic acids is 1. The first-order valence-corrected chi connectivity index (χ1v) is 9.91. The van der Waals surface area contributed by atoms with Gasteiger partial charge in [0.15, 0.2) is 0 Å². The molecule has 7 heteroatoms. The fourth-order valence-electron chi connectivity index (χ4n) is 3.79. The Morgan fingerprint density at radius 2 is 2.11 bits per heavy atom. The predicted molar refractivity (Wildman–Crippen MR) is 108 cm³/mol. The summed E-state index contributed by atoms with van der Waals surface area (Å²) in [7, 11) is 0. The average Bonchev–Trinajstić information content (AvgIpc) is 3.09. The number of fused-ring (bicyclic) bond motifs is 1. The molecule has 2 N–H and O–H groups in total. The van der Waals surface area contributed by atoms with E-state index in [4.69, 9.17) is 4.74 Å². The van der Waals surface area contributed by atoms with Gasteiger partial charge in [-0.05, 0) is 48.6 Å². The molecular weight excluding hydrogens is 354 g/mol. The minimum absolute atomic E-state index is 0.0121. The summed E-state index contributed by atoms with van der Waals surface area (Å²) >= 11 is 0. The summed E-state index contributed by atoms with van der Waals surface area (Å²) in [4.78, 5) is 22.8. The van der Waals surface area contributed by atoms with Crippen molar-refractivity contribution in [2.45, 2.75) is 45.8 Å². The first-order chi connectivity index (χ1) is 13.5. The maximum atomic E-state index is 12.2. The summed E-state index contributed by atoms with van der Waals surface area (Å²) in [5.74, 6) is 1.36. The smallest absolute Gasteiger partial charge is 0.415 e. The number of anilines is 2. The van der Waals surface area contributed by atoms with Gasteiger partial charge < -0.3 is 15.4 Å². The molecule has 0 radical (unpaired) electrons. The summed E-state index contributed by atoms with van der Waals surface area (Å²) in [5.41, 5.74) is 3.97. The molecule has 2 aliphatic heterocycles. The summed E-state index contributed by atoms with van der Waals surface area (Å²) < 4.78 is 5.24. The maximum absolute atomic E-state index is 12.2. The number of ether oxygens (including phenoxy) is 1. The van der Waals surface area contributed by atoms with Gasteiger partial charge in [-0.15, -0.1) is 0 Å². The number of nitrogens with one attached hydrogen (secondary N) is 2. The molecule has 0 saturated carbocycles. The second kappa shape index (κ2) is 7.75. The van der Waals surface area contributed by atoms with E-state index in [0.717, 1.165) is 19.5 Å². The highest BCUT2D eigenvalue weighted by Gasteiger charge is 2.37. The van der Waals surface area contributed by atoms with Crippen molar-refractivity contribution >= 4 is 17.9 Å². The molecule has 28 heavy (non-hydrogen) atoms. The average molecular weight is 381 g/mol. The van der Waals surface area contributed by atoms with Gasteiger partial charge in [0.05, 0.1) is 12.1 Å². The molecule has 2 aliphatic rings. The molecule has 2 atom stereocenters. The second-order valence-electron chi connectivity index (χ2n) is 7.82. The quantitative estimate of drug-likeness (QED) is 0.827. The maximum Gasteiger partial charge on any atom is 0.415 e. The third-order valence-corrected chi connectivity index (χ3v) is 5.53. The monoisotopic (exact) mass is 381 g/mol. The van der Waals surface area contributed by atoms with Crippen molar-refractivity contribution in [3.8, 4) is 0 Å². The minimum atomic E-state index is -0.348. The Morgan fingerprint density at radius 3 is 2.93 bits per heavy atom. The summed E-state index contributed by atoms with van der Waals surface area (Å²) in [6.07, 6.45) is 2.38. The zero-order chi connectivity index (χ0) is 19.7. The van der Waals surface area contributed by atoms with Crippen molar-refractivity contribution in [1.82, 2.24) is 15.3 Å². The van der Waals surface area contributed by atoms with Gasteiger partial charge in [-0.25, -0.2) is 9.78 Å².